The largest absolute Gasteiger partial charge is 0.0979 e. The van der Waals surface area contributed by atoms with Crippen LogP contribution in [0.15, 0.2) is 64.4 Å². The van der Waals surface area contributed by atoms with Crippen molar-refractivity contribution in [3.8, 4) is 11.8 Å². The van der Waals surface area contributed by atoms with Crippen LogP contribution >= 0.6 is 11.8 Å². The van der Waals surface area contributed by atoms with Crippen molar-refractivity contribution in [2.24, 2.45) is 0 Å². The third kappa shape index (κ3) is 14.3. The minimum absolute atomic E-state index is 1.02. The Morgan fingerprint density at radius 1 is 0.545 bits per heavy atom. The minimum Gasteiger partial charge on any atom is -0.0979 e. The van der Waals surface area contributed by atoms with Crippen molar-refractivity contribution in [3.63, 3.8) is 0 Å². The molecule has 0 aromatic heterocycles. The van der Waals surface area contributed by atoms with Crippen LogP contribution < -0.4 is 0 Å². The lowest BCUT2D eigenvalue weighted by Gasteiger charge is -2.04. The van der Waals surface area contributed by atoms with Crippen LogP contribution in [0.25, 0.3) is 0 Å². The maximum Gasteiger partial charge on any atom is 0.0384 e. The minimum atomic E-state index is 1.02. The summed E-state index contributed by atoms with van der Waals surface area (Å²) in [6.07, 6.45) is 23.7. The third-order valence-corrected chi connectivity index (χ3v) is 7.32. The van der Waals surface area contributed by atoms with Gasteiger partial charge < -0.3 is 0 Å². The van der Waals surface area contributed by atoms with Gasteiger partial charge in [0.2, 0.25) is 0 Å². The zero-order valence-corrected chi connectivity index (χ0v) is 21.9. The van der Waals surface area contributed by atoms with E-state index in [-0.39, 0.29) is 0 Å². The summed E-state index contributed by atoms with van der Waals surface area (Å²) in [7, 11) is 0. The summed E-state index contributed by atoms with van der Waals surface area (Å²) in [6.45, 7) is 2.30. The van der Waals surface area contributed by atoms with E-state index in [1.807, 2.05) is 0 Å². The number of unbranched alkanes of at least 4 members (excludes halogenated alkanes) is 16. The normalized spacial score (nSPS) is 10.7. The highest BCUT2D eigenvalue weighted by atomic mass is 32.2. The van der Waals surface area contributed by atoms with E-state index in [2.05, 4.69) is 73.4 Å². The van der Waals surface area contributed by atoms with E-state index in [0.29, 0.717) is 0 Å². The molecular weight excluding hydrogens is 416 g/mol. The predicted molar refractivity (Wildman–Crippen MR) is 148 cm³/mol. The fourth-order valence-corrected chi connectivity index (χ4v) is 5.12. The van der Waals surface area contributed by atoms with E-state index < -0.39 is 0 Å². The first kappa shape index (κ1) is 27.6. The summed E-state index contributed by atoms with van der Waals surface area (Å²) < 4.78 is 0. The lowest BCUT2D eigenvalue weighted by Crippen LogP contribution is -1.84. The van der Waals surface area contributed by atoms with E-state index in [9.17, 15) is 0 Å². The standard InChI is InChI=1S/C32H46S/c1-2-3-4-5-6-7-8-9-10-11-12-13-14-15-16-17-18-20-25-30-26-23-24-29-32(30)33-31-27-21-19-22-28-31/h19,21-24,26-29H,2-18H2,1H3. The Bertz CT molecular complexity index is 768. The van der Waals surface area contributed by atoms with Crippen LogP contribution in [0.4, 0.5) is 0 Å². The average molecular weight is 463 g/mol. The molecular formula is C32H46S. The molecule has 0 unspecified atom stereocenters. The molecule has 0 aliphatic heterocycles. The van der Waals surface area contributed by atoms with Gasteiger partial charge in [0.25, 0.3) is 0 Å². The fourth-order valence-electron chi connectivity index (χ4n) is 4.19. The summed E-state index contributed by atoms with van der Waals surface area (Å²) >= 11 is 1.80. The van der Waals surface area contributed by atoms with Crippen molar-refractivity contribution >= 4 is 11.8 Å². The second-order valence-corrected chi connectivity index (χ2v) is 10.4. The van der Waals surface area contributed by atoms with Gasteiger partial charge in [0.1, 0.15) is 0 Å². The van der Waals surface area contributed by atoms with Crippen LogP contribution in [0.3, 0.4) is 0 Å². The first-order chi connectivity index (χ1) is 16.4. The molecule has 2 aromatic rings. The Morgan fingerprint density at radius 2 is 1.03 bits per heavy atom. The summed E-state index contributed by atoms with van der Waals surface area (Å²) in [5.74, 6) is 6.83. The Morgan fingerprint density at radius 3 is 1.61 bits per heavy atom. The highest BCUT2D eigenvalue weighted by Crippen LogP contribution is 2.29. The lowest BCUT2D eigenvalue weighted by atomic mass is 10.0. The van der Waals surface area contributed by atoms with Gasteiger partial charge in [-0.15, -0.1) is 0 Å². The molecule has 0 aliphatic rings. The van der Waals surface area contributed by atoms with Crippen LogP contribution in [-0.4, -0.2) is 0 Å². The number of rotatable bonds is 18. The van der Waals surface area contributed by atoms with Crippen LogP contribution in [0.1, 0.15) is 122 Å². The molecule has 0 radical (unpaired) electrons. The fraction of sp³-hybridized carbons (Fsp3) is 0.562. The highest BCUT2D eigenvalue weighted by Gasteiger charge is 2.01. The smallest absolute Gasteiger partial charge is 0.0384 e. The van der Waals surface area contributed by atoms with Crippen molar-refractivity contribution in [1.82, 2.24) is 0 Å². The average Bonchev–Trinajstić information content (AvgIpc) is 2.85. The molecule has 33 heavy (non-hydrogen) atoms. The summed E-state index contributed by atoms with van der Waals surface area (Å²) in [5.41, 5.74) is 1.16. The van der Waals surface area contributed by atoms with E-state index in [0.717, 1.165) is 12.0 Å². The molecule has 1 heteroatoms. The van der Waals surface area contributed by atoms with Crippen molar-refractivity contribution in [2.45, 2.75) is 126 Å². The zero-order chi connectivity index (χ0) is 23.2. The van der Waals surface area contributed by atoms with Crippen molar-refractivity contribution in [2.75, 3.05) is 0 Å². The molecule has 0 saturated carbocycles. The maximum atomic E-state index is 3.41. The van der Waals surface area contributed by atoms with Gasteiger partial charge in [0, 0.05) is 21.8 Å². The molecule has 0 saturated heterocycles. The quantitative estimate of drug-likeness (QED) is 0.157. The molecule has 0 amide bonds. The van der Waals surface area contributed by atoms with Crippen molar-refractivity contribution in [1.29, 1.82) is 0 Å². The first-order valence-corrected chi connectivity index (χ1v) is 14.5. The van der Waals surface area contributed by atoms with Crippen molar-refractivity contribution in [3.05, 3.63) is 60.2 Å². The topological polar surface area (TPSA) is 0 Å². The number of hydrogen-bond donors (Lipinski definition) is 0. The Kier molecular flexibility index (Phi) is 16.5. The third-order valence-electron chi connectivity index (χ3n) is 6.24. The first-order valence-electron chi connectivity index (χ1n) is 13.7. The van der Waals surface area contributed by atoms with Crippen molar-refractivity contribution < 1.29 is 0 Å². The molecule has 0 nitrogen and oxygen atoms in total. The van der Waals surface area contributed by atoms with E-state index in [1.54, 1.807) is 11.8 Å². The molecule has 0 aliphatic carbocycles. The number of hydrogen-bond acceptors (Lipinski definition) is 1. The zero-order valence-electron chi connectivity index (χ0n) is 21.1. The number of benzene rings is 2. The van der Waals surface area contributed by atoms with E-state index in [1.165, 1.54) is 113 Å². The van der Waals surface area contributed by atoms with Gasteiger partial charge in [-0.2, -0.15) is 0 Å². The summed E-state index contributed by atoms with van der Waals surface area (Å²) in [4.78, 5) is 2.52. The van der Waals surface area contributed by atoms with Gasteiger partial charge in [-0.3, -0.25) is 0 Å². The lowest BCUT2D eigenvalue weighted by molar-refractivity contribution is 0.530. The van der Waals surface area contributed by atoms with E-state index in [4.69, 9.17) is 0 Å². The molecule has 0 spiro atoms. The molecule has 2 rings (SSSR count). The van der Waals surface area contributed by atoms with Gasteiger partial charge in [0.05, 0.1) is 0 Å². The Hall–Kier alpha value is -1.65. The van der Waals surface area contributed by atoms with Gasteiger partial charge in [-0.05, 0) is 30.7 Å². The Labute approximate surface area is 209 Å². The van der Waals surface area contributed by atoms with E-state index >= 15 is 0 Å². The molecule has 0 atom stereocenters. The SMILES string of the molecule is CCCCCCCCCCCCCCCCCCC#Cc1ccccc1Sc1ccccc1. The highest BCUT2D eigenvalue weighted by molar-refractivity contribution is 7.99. The molecule has 0 bridgehead atoms. The maximum absolute atomic E-state index is 3.41. The summed E-state index contributed by atoms with van der Waals surface area (Å²) in [5, 5.41) is 0. The molecule has 180 valence electrons. The van der Waals surface area contributed by atoms with Crippen LogP contribution in [0, 0.1) is 11.8 Å². The molecule has 0 heterocycles. The van der Waals surface area contributed by atoms with Crippen LogP contribution in [0.5, 0.6) is 0 Å². The molecule has 0 N–H and O–H groups in total. The second-order valence-electron chi connectivity index (χ2n) is 9.27. The Balaban J connectivity index is 1.44. The van der Waals surface area contributed by atoms with Gasteiger partial charge >= 0.3 is 0 Å². The second kappa shape index (κ2) is 19.8. The monoisotopic (exact) mass is 462 g/mol. The predicted octanol–water partition coefficient (Wildman–Crippen LogP) is 10.8. The molecule has 2 aromatic carbocycles. The summed E-state index contributed by atoms with van der Waals surface area (Å²) in [6, 6.07) is 19.1. The van der Waals surface area contributed by atoms with Gasteiger partial charge in [-0.1, -0.05) is 157 Å². The molecule has 0 fully saturated rings. The van der Waals surface area contributed by atoms with Gasteiger partial charge in [0.15, 0.2) is 0 Å². The van der Waals surface area contributed by atoms with Crippen LogP contribution in [0.2, 0.25) is 0 Å². The van der Waals surface area contributed by atoms with Crippen LogP contribution in [-0.2, 0) is 0 Å². The van der Waals surface area contributed by atoms with Gasteiger partial charge in [-0.25, -0.2) is 0 Å².